The van der Waals surface area contributed by atoms with Crippen LogP contribution in [0.2, 0.25) is 0 Å². The highest BCUT2D eigenvalue weighted by Gasteiger charge is 2.24. The number of nitrogen functional groups attached to an aromatic ring is 1. The molecule has 19 heavy (non-hydrogen) atoms. The van der Waals surface area contributed by atoms with Gasteiger partial charge in [-0.25, -0.2) is 0 Å². The van der Waals surface area contributed by atoms with Crippen molar-refractivity contribution >= 4 is 11.4 Å². The van der Waals surface area contributed by atoms with Gasteiger partial charge in [0.2, 0.25) is 0 Å². The van der Waals surface area contributed by atoms with Gasteiger partial charge < -0.3 is 10.6 Å². The molecule has 2 N–H and O–H groups in total. The Morgan fingerprint density at radius 3 is 2.63 bits per heavy atom. The first-order valence-corrected chi connectivity index (χ1v) is 6.93. The summed E-state index contributed by atoms with van der Waals surface area (Å²) in [7, 11) is 0. The van der Waals surface area contributed by atoms with Gasteiger partial charge in [0, 0.05) is 24.0 Å². The van der Waals surface area contributed by atoms with E-state index in [9.17, 15) is 0 Å². The van der Waals surface area contributed by atoms with Crippen molar-refractivity contribution in [2.45, 2.75) is 25.8 Å². The second-order valence-corrected chi connectivity index (χ2v) is 5.37. The molecule has 0 saturated heterocycles. The van der Waals surface area contributed by atoms with E-state index < -0.39 is 0 Å². The number of rotatable bonds is 3. The average Bonchev–Trinajstić information content (AvgIpc) is 2.74. The zero-order valence-corrected chi connectivity index (χ0v) is 11.3. The predicted molar refractivity (Wildman–Crippen MR) is 81.5 cm³/mol. The fourth-order valence-corrected chi connectivity index (χ4v) is 2.90. The maximum absolute atomic E-state index is 5.72. The van der Waals surface area contributed by atoms with Crippen molar-refractivity contribution in [3.8, 4) is 0 Å². The van der Waals surface area contributed by atoms with Crippen molar-refractivity contribution in [2.75, 3.05) is 17.2 Å². The van der Waals surface area contributed by atoms with Crippen LogP contribution in [0.1, 0.15) is 18.1 Å². The van der Waals surface area contributed by atoms with E-state index in [1.807, 2.05) is 12.1 Å². The van der Waals surface area contributed by atoms with Crippen molar-refractivity contribution in [3.05, 3.63) is 59.7 Å². The summed E-state index contributed by atoms with van der Waals surface area (Å²) in [6, 6.07) is 17.6. The van der Waals surface area contributed by atoms with Crippen LogP contribution in [0.15, 0.2) is 48.5 Å². The minimum Gasteiger partial charge on any atom is -0.399 e. The number of para-hydroxylation sites is 1. The Kier molecular flexibility index (Phi) is 3.16. The van der Waals surface area contributed by atoms with Crippen LogP contribution in [0.3, 0.4) is 0 Å². The first-order chi connectivity index (χ1) is 9.24. The molecule has 0 amide bonds. The van der Waals surface area contributed by atoms with Crippen LogP contribution in [-0.2, 0) is 12.8 Å². The molecule has 0 spiro atoms. The van der Waals surface area contributed by atoms with Crippen LogP contribution in [0.4, 0.5) is 11.4 Å². The quantitative estimate of drug-likeness (QED) is 0.850. The van der Waals surface area contributed by atoms with Crippen molar-refractivity contribution < 1.29 is 0 Å². The number of hydrogen-bond acceptors (Lipinski definition) is 2. The van der Waals surface area contributed by atoms with E-state index in [0.29, 0.717) is 6.04 Å². The molecule has 98 valence electrons. The molecule has 1 unspecified atom stereocenters. The molecule has 2 aromatic carbocycles. The fraction of sp³-hybridized carbons (Fsp3) is 0.294. The second-order valence-electron chi connectivity index (χ2n) is 5.37. The summed E-state index contributed by atoms with van der Waals surface area (Å²) < 4.78 is 0. The molecule has 2 nitrogen and oxygen atoms in total. The Bertz CT molecular complexity index is 560. The van der Waals surface area contributed by atoms with E-state index in [0.717, 1.165) is 25.1 Å². The lowest BCUT2D eigenvalue weighted by Crippen LogP contribution is -2.31. The SMILES string of the molecule is CC1Cc2ccccc2N1CCc1ccc(N)cc1. The van der Waals surface area contributed by atoms with E-state index in [2.05, 4.69) is 48.2 Å². The van der Waals surface area contributed by atoms with Crippen molar-refractivity contribution in [2.24, 2.45) is 0 Å². The highest BCUT2D eigenvalue weighted by Crippen LogP contribution is 2.31. The van der Waals surface area contributed by atoms with Gasteiger partial charge in [-0.05, 0) is 49.1 Å². The third kappa shape index (κ3) is 2.43. The molecular weight excluding hydrogens is 232 g/mol. The Morgan fingerprint density at radius 2 is 1.84 bits per heavy atom. The number of hydrogen-bond donors (Lipinski definition) is 1. The molecule has 0 radical (unpaired) electrons. The minimum absolute atomic E-state index is 0.603. The van der Waals surface area contributed by atoms with Crippen LogP contribution >= 0.6 is 0 Å². The molecule has 0 aromatic heterocycles. The molecule has 0 bridgehead atoms. The van der Waals surface area contributed by atoms with Gasteiger partial charge in [0.05, 0.1) is 0 Å². The van der Waals surface area contributed by atoms with E-state index in [-0.39, 0.29) is 0 Å². The fourth-order valence-electron chi connectivity index (χ4n) is 2.90. The van der Waals surface area contributed by atoms with Gasteiger partial charge in [-0.15, -0.1) is 0 Å². The minimum atomic E-state index is 0.603. The molecule has 3 rings (SSSR count). The summed E-state index contributed by atoms with van der Waals surface area (Å²) in [6.45, 7) is 3.38. The Hall–Kier alpha value is -1.96. The van der Waals surface area contributed by atoms with Crippen LogP contribution in [0.5, 0.6) is 0 Å². The summed E-state index contributed by atoms with van der Waals surface area (Å²) in [5.74, 6) is 0. The lowest BCUT2D eigenvalue weighted by atomic mass is 10.1. The van der Waals surface area contributed by atoms with Gasteiger partial charge in [0.15, 0.2) is 0 Å². The Labute approximate surface area is 114 Å². The lowest BCUT2D eigenvalue weighted by molar-refractivity contribution is 0.670. The molecule has 1 heterocycles. The summed E-state index contributed by atoms with van der Waals surface area (Å²) in [5.41, 5.74) is 10.8. The Morgan fingerprint density at radius 1 is 1.11 bits per heavy atom. The number of benzene rings is 2. The van der Waals surface area contributed by atoms with Crippen LogP contribution < -0.4 is 10.6 Å². The molecule has 0 saturated carbocycles. The molecule has 2 aromatic rings. The summed E-state index contributed by atoms with van der Waals surface area (Å²) >= 11 is 0. The molecule has 0 fully saturated rings. The van der Waals surface area contributed by atoms with Gasteiger partial charge in [0.1, 0.15) is 0 Å². The smallest absolute Gasteiger partial charge is 0.0402 e. The van der Waals surface area contributed by atoms with E-state index in [4.69, 9.17) is 5.73 Å². The zero-order valence-electron chi connectivity index (χ0n) is 11.3. The van der Waals surface area contributed by atoms with Gasteiger partial charge in [-0.1, -0.05) is 30.3 Å². The first kappa shape index (κ1) is 12.1. The average molecular weight is 252 g/mol. The van der Waals surface area contributed by atoms with Gasteiger partial charge in [-0.2, -0.15) is 0 Å². The maximum Gasteiger partial charge on any atom is 0.0402 e. The topological polar surface area (TPSA) is 29.3 Å². The molecular formula is C17H20N2. The van der Waals surface area contributed by atoms with Crippen molar-refractivity contribution in [1.29, 1.82) is 0 Å². The van der Waals surface area contributed by atoms with Crippen molar-refractivity contribution in [3.63, 3.8) is 0 Å². The van der Waals surface area contributed by atoms with E-state index >= 15 is 0 Å². The van der Waals surface area contributed by atoms with E-state index in [1.54, 1.807) is 0 Å². The number of anilines is 2. The zero-order chi connectivity index (χ0) is 13.2. The number of nitrogens with zero attached hydrogens (tertiary/aromatic N) is 1. The van der Waals surface area contributed by atoms with E-state index in [1.165, 1.54) is 16.8 Å². The van der Waals surface area contributed by atoms with Crippen LogP contribution in [-0.4, -0.2) is 12.6 Å². The molecule has 0 aliphatic carbocycles. The second kappa shape index (κ2) is 4.96. The largest absolute Gasteiger partial charge is 0.399 e. The standard InChI is InChI=1S/C17H20N2/c1-13-12-15-4-2-3-5-17(15)19(13)11-10-14-6-8-16(18)9-7-14/h2-9,13H,10-12,18H2,1H3. The normalized spacial score (nSPS) is 17.5. The van der Waals surface area contributed by atoms with Gasteiger partial charge in [-0.3, -0.25) is 0 Å². The van der Waals surface area contributed by atoms with Crippen molar-refractivity contribution in [1.82, 2.24) is 0 Å². The third-order valence-electron chi connectivity index (χ3n) is 3.97. The number of fused-ring (bicyclic) bond motifs is 1. The molecule has 1 atom stereocenters. The monoisotopic (exact) mass is 252 g/mol. The summed E-state index contributed by atoms with van der Waals surface area (Å²) in [4.78, 5) is 2.52. The lowest BCUT2D eigenvalue weighted by Gasteiger charge is -2.25. The van der Waals surface area contributed by atoms with Gasteiger partial charge >= 0.3 is 0 Å². The molecule has 2 heteroatoms. The third-order valence-corrected chi connectivity index (χ3v) is 3.97. The highest BCUT2D eigenvalue weighted by molar-refractivity contribution is 5.59. The molecule has 1 aliphatic rings. The summed E-state index contributed by atoms with van der Waals surface area (Å²) in [6.07, 6.45) is 2.23. The maximum atomic E-state index is 5.72. The van der Waals surface area contributed by atoms with Crippen LogP contribution in [0, 0.1) is 0 Å². The van der Waals surface area contributed by atoms with Crippen LogP contribution in [0.25, 0.3) is 0 Å². The Balaban J connectivity index is 1.72. The highest BCUT2D eigenvalue weighted by atomic mass is 15.2. The first-order valence-electron chi connectivity index (χ1n) is 6.93. The van der Waals surface area contributed by atoms with Gasteiger partial charge in [0.25, 0.3) is 0 Å². The predicted octanol–water partition coefficient (Wildman–Crippen LogP) is 3.26. The number of nitrogens with two attached hydrogens (primary N) is 1. The molecule has 1 aliphatic heterocycles. The summed E-state index contributed by atoms with van der Waals surface area (Å²) in [5, 5.41) is 0.